The van der Waals surface area contributed by atoms with Gasteiger partial charge in [0.1, 0.15) is 5.75 Å². The molecule has 1 N–H and O–H groups in total. The Morgan fingerprint density at radius 3 is 2.24 bits per heavy atom. The number of imide groups is 1. The number of hydrogen-bond donors (Lipinski definition) is 1. The topological polar surface area (TPSA) is 62.5 Å². The van der Waals surface area contributed by atoms with Crippen molar-refractivity contribution >= 4 is 46.3 Å². The minimum Gasteiger partial charge on any atom is -0.508 e. The van der Waals surface area contributed by atoms with E-state index in [1.54, 1.807) is 42.5 Å². The van der Waals surface area contributed by atoms with E-state index in [4.69, 9.17) is 11.6 Å². The molecule has 1 saturated heterocycles. The third kappa shape index (κ3) is 3.57. The molecule has 5 nitrogen and oxygen atoms in total. The van der Waals surface area contributed by atoms with E-state index in [2.05, 4.69) is 0 Å². The summed E-state index contributed by atoms with van der Waals surface area (Å²) in [6, 6.07) is 15.5. The van der Waals surface area contributed by atoms with E-state index in [9.17, 15) is 14.7 Å². The number of halogens is 1. The normalized spacial score (nSPS) is 15.6. The molecule has 0 spiro atoms. The van der Waals surface area contributed by atoms with Gasteiger partial charge in [-0.25, -0.2) is 4.90 Å². The van der Waals surface area contributed by atoms with Crippen LogP contribution in [-0.4, -0.2) is 20.8 Å². The van der Waals surface area contributed by atoms with Gasteiger partial charge in [-0.15, -0.1) is 0 Å². The molecule has 1 fully saturated rings. The lowest BCUT2D eigenvalue weighted by molar-refractivity contribution is -0.113. The first-order chi connectivity index (χ1) is 13.8. The molecule has 0 radical (unpaired) electrons. The summed E-state index contributed by atoms with van der Waals surface area (Å²) in [6.07, 6.45) is 1.75. The molecular formula is C22H17ClN2O3S. The number of nitrogens with zero attached hydrogens (tertiary/aromatic N) is 2. The van der Waals surface area contributed by atoms with Gasteiger partial charge in [-0.1, -0.05) is 11.6 Å². The summed E-state index contributed by atoms with van der Waals surface area (Å²) in [4.78, 5) is 26.8. The maximum absolute atomic E-state index is 12.9. The second-order valence-corrected chi connectivity index (χ2v) is 8.10. The van der Waals surface area contributed by atoms with Crippen LogP contribution in [-0.2, 0) is 4.79 Å². The molecular weight excluding hydrogens is 408 g/mol. The number of anilines is 1. The Bertz CT molecular complexity index is 1150. The summed E-state index contributed by atoms with van der Waals surface area (Å²) in [5, 5.41) is 9.72. The van der Waals surface area contributed by atoms with Gasteiger partial charge in [0.15, 0.2) is 0 Å². The number of benzene rings is 2. The molecule has 0 atom stereocenters. The zero-order valence-electron chi connectivity index (χ0n) is 15.7. The lowest BCUT2D eigenvalue weighted by Crippen LogP contribution is -2.27. The Balaban J connectivity index is 1.69. The van der Waals surface area contributed by atoms with Crippen molar-refractivity contribution in [1.29, 1.82) is 0 Å². The predicted molar refractivity (Wildman–Crippen MR) is 117 cm³/mol. The van der Waals surface area contributed by atoms with Gasteiger partial charge in [0.05, 0.1) is 10.6 Å². The Morgan fingerprint density at radius 2 is 1.59 bits per heavy atom. The highest BCUT2D eigenvalue weighted by atomic mass is 35.5. The van der Waals surface area contributed by atoms with E-state index in [-0.39, 0.29) is 16.9 Å². The van der Waals surface area contributed by atoms with Gasteiger partial charge in [-0.05, 0) is 91.8 Å². The number of carbonyl (C=O) groups is 2. The highest BCUT2D eigenvalue weighted by molar-refractivity contribution is 8.19. The number of thioether (sulfide) groups is 1. The van der Waals surface area contributed by atoms with E-state index < -0.39 is 0 Å². The molecule has 0 unspecified atom stereocenters. The molecule has 0 aliphatic carbocycles. The van der Waals surface area contributed by atoms with Gasteiger partial charge >= 0.3 is 0 Å². The number of hydrogen-bond acceptors (Lipinski definition) is 4. The van der Waals surface area contributed by atoms with Crippen LogP contribution in [0.15, 0.2) is 59.5 Å². The fourth-order valence-electron chi connectivity index (χ4n) is 3.35. The van der Waals surface area contributed by atoms with Gasteiger partial charge in [0, 0.05) is 22.1 Å². The van der Waals surface area contributed by atoms with Crippen LogP contribution >= 0.6 is 23.4 Å². The third-order valence-corrected chi connectivity index (χ3v) is 5.86. The largest absolute Gasteiger partial charge is 0.508 e. The highest BCUT2D eigenvalue weighted by Gasteiger charge is 2.36. The monoisotopic (exact) mass is 424 g/mol. The second kappa shape index (κ2) is 7.46. The summed E-state index contributed by atoms with van der Waals surface area (Å²) >= 11 is 6.82. The van der Waals surface area contributed by atoms with E-state index in [0.29, 0.717) is 15.6 Å². The first-order valence-electron chi connectivity index (χ1n) is 8.87. The van der Waals surface area contributed by atoms with Crippen LogP contribution in [0.5, 0.6) is 5.75 Å². The molecule has 1 aliphatic heterocycles. The minimum atomic E-state index is -0.350. The molecule has 1 aromatic heterocycles. The van der Waals surface area contributed by atoms with E-state index in [1.165, 1.54) is 0 Å². The maximum Gasteiger partial charge on any atom is 0.298 e. The van der Waals surface area contributed by atoms with Crippen LogP contribution in [0.4, 0.5) is 10.5 Å². The minimum absolute atomic E-state index is 0.201. The van der Waals surface area contributed by atoms with Crippen molar-refractivity contribution in [2.75, 3.05) is 4.90 Å². The van der Waals surface area contributed by atoms with E-state index >= 15 is 0 Å². The van der Waals surface area contributed by atoms with Crippen molar-refractivity contribution in [2.24, 2.45) is 0 Å². The van der Waals surface area contributed by atoms with Crippen LogP contribution in [0.1, 0.15) is 17.0 Å². The molecule has 7 heteroatoms. The number of aromatic nitrogens is 1. The SMILES string of the molecule is Cc1cc(/C=C2/SC(=O)N(c3ccc(Cl)cc3)C2=O)c(C)n1-c1ccc(O)cc1. The van der Waals surface area contributed by atoms with Crippen LogP contribution in [0.2, 0.25) is 5.02 Å². The molecule has 146 valence electrons. The fourth-order valence-corrected chi connectivity index (χ4v) is 4.31. The van der Waals surface area contributed by atoms with Crippen molar-refractivity contribution < 1.29 is 14.7 Å². The van der Waals surface area contributed by atoms with Gasteiger partial charge in [0.25, 0.3) is 11.1 Å². The number of aryl methyl sites for hydroxylation is 1. The van der Waals surface area contributed by atoms with Crippen LogP contribution in [0.25, 0.3) is 11.8 Å². The summed E-state index contributed by atoms with van der Waals surface area (Å²) in [6.45, 7) is 3.92. The van der Waals surface area contributed by atoms with Crippen LogP contribution in [0, 0.1) is 13.8 Å². The second-order valence-electron chi connectivity index (χ2n) is 6.67. The number of carbonyl (C=O) groups excluding carboxylic acids is 2. The molecule has 2 aromatic carbocycles. The first-order valence-corrected chi connectivity index (χ1v) is 10.1. The Morgan fingerprint density at radius 1 is 0.966 bits per heavy atom. The van der Waals surface area contributed by atoms with Crippen LogP contribution in [0.3, 0.4) is 0 Å². The summed E-state index contributed by atoms with van der Waals surface area (Å²) < 4.78 is 2.04. The molecule has 0 bridgehead atoms. The zero-order chi connectivity index (χ0) is 20.7. The van der Waals surface area contributed by atoms with Crippen molar-refractivity contribution in [3.8, 4) is 11.4 Å². The Kier molecular flexibility index (Phi) is 4.98. The van der Waals surface area contributed by atoms with E-state index in [0.717, 1.165) is 39.3 Å². The standard InChI is InChI=1S/C22H17ClN2O3S/c1-13-11-15(14(2)24(13)17-7-9-19(26)10-8-17)12-20-21(27)25(22(28)29-20)18-5-3-16(23)4-6-18/h3-12,26H,1-2H3/b20-12+. The molecule has 0 saturated carbocycles. The Hall–Kier alpha value is -2.96. The summed E-state index contributed by atoms with van der Waals surface area (Å²) in [5.41, 5.74) is 4.18. The van der Waals surface area contributed by atoms with Crippen molar-refractivity contribution in [3.63, 3.8) is 0 Å². The average molecular weight is 425 g/mol. The molecule has 1 aliphatic rings. The fraction of sp³-hybridized carbons (Fsp3) is 0.0909. The van der Waals surface area contributed by atoms with Gasteiger partial charge < -0.3 is 9.67 Å². The van der Waals surface area contributed by atoms with Crippen molar-refractivity contribution in [2.45, 2.75) is 13.8 Å². The quantitative estimate of drug-likeness (QED) is 0.548. The van der Waals surface area contributed by atoms with Gasteiger partial charge in [-0.3, -0.25) is 9.59 Å². The number of aromatic hydroxyl groups is 1. The highest BCUT2D eigenvalue weighted by Crippen LogP contribution is 2.37. The number of rotatable bonds is 3. The lowest BCUT2D eigenvalue weighted by Gasteiger charge is -2.12. The maximum atomic E-state index is 12.9. The summed E-state index contributed by atoms with van der Waals surface area (Å²) in [5.74, 6) is -0.149. The van der Waals surface area contributed by atoms with Gasteiger partial charge in [0.2, 0.25) is 0 Å². The summed E-state index contributed by atoms with van der Waals surface area (Å²) in [7, 11) is 0. The predicted octanol–water partition coefficient (Wildman–Crippen LogP) is 5.69. The Labute approximate surface area is 177 Å². The third-order valence-electron chi connectivity index (χ3n) is 4.74. The number of phenols is 1. The molecule has 3 aromatic rings. The molecule has 29 heavy (non-hydrogen) atoms. The average Bonchev–Trinajstić information content (AvgIpc) is 3.12. The van der Waals surface area contributed by atoms with E-state index in [1.807, 2.05) is 36.6 Å². The molecule has 2 amide bonds. The molecule has 4 rings (SSSR count). The lowest BCUT2D eigenvalue weighted by atomic mass is 10.2. The zero-order valence-corrected chi connectivity index (χ0v) is 17.3. The van der Waals surface area contributed by atoms with Crippen molar-refractivity contribution in [3.05, 3.63) is 81.5 Å². The van der Waals surface area contributed by atoms with Crippen molar-refractivity contribution in [1.82, 2.24) is 4.57 Å². The molecule has 2 heterocycles. The number of phenolic OH excluding ortho intramolecular Hbond substituents is 1. The number of amides is 2. The van der Waals surface area contributed by atoms with Crippen LogP contribution < -0.4 is 4.90 Å². The smallest absolute Gasteiger partial charge is 0.298 e. The first kappa shape index (κ1) is 19.4. The van der Waals surface area contributed by atoms with Gasteiger partial charge in [-0.2, -0.15) is 0 Å².